The highest BCUT2D eigenvalue weighted by molar-refractivity contribution is 6.30. The van der Waals surface area contributed by atoms with E-state index >= 15 is 0 Å². The molecule has 0 radical (unpaired) electrons. The van der Waals surface area contributed by atoms with Gasteiger partial charge in [-0.1, -0.05) is 41.9 Å². The van der Waals surface area contributed by atoms with E-state index in [0.717, 1.165) is 58.6 Å². The highest BCUT2D eigenvalue weighted by Gasteiger charge is 2.20. The Kier molecular flexibility index (Phi) is 7.28. The van der Waals surface area contributed by atoms with Crippen molar-refractivity contribution in [3.8, 4) is 16.9 Å². The molecule has 0 saturated carbocycles. The Hall–Kier alpha value is -4.03. The molecule has 6 nitrogen and oxygen atoms in total. The maximum absolute atomic E-state index is 12.9. The number of methoxy groups -OCH3 is 1. The number of hydrogen-bond acceptors (Lipinski definition) is 5. The van der Waals surface area contributed by atoms with Crippen LogP contribution in [-0.4, -0.2) is 31.1 Å². The van der Waals surface area contributed by atoms with Crippen LogP contribution in [0.1, 0.15) is 27.0 Å². The normalized spacial score (nSPS) is 12.5. The molecule has 0 atom stereocenters. The van der Waals surface area contributed by atoms with Crippen LogP contribution in [0.25, 0.3) is 11.1 Å². The molecule has 0 fully saturated rings. The predicted molar refractivity (Wildman–Crippen MR) is 150 cm³/mol. The molecule has 1 aliphatic rings. The van der Waals surface area contributed by atoms with Crippen molar-refractivity contribution in [1.29, 1.82) is 0 Å². The van der Waals surface area contributed by atoms with Gasteiger partial charge in [0.25, 0.3) is 5.91 Å². The van der Waals surface area contributed by atoms with Gasteiger partial charge in [0.2, 0.25) is 0 Å². The van der Waals surface area contributed by atoms with E-state index in [1.807, 2.05) is 66.9 Å². The number of nitrogens with one attached hydrogen (secondary N) is 2. The quantitative estimate of drug-likeness (QED) is 0.314. The molecule has 2 N–H and O–H groups in total. The average molecular weight is 513 g/mol. The molecule has 0 bridgehead atoms. The van der Waals surface area contributed by atoms with E-state index in [2.05, 4.69) is 34.6 Å². The Morgan fingerprint density at radius 1 is 1.08 bits per heavy atom. The average Bonchev–Trinajstić information content (AvgIpc) is 2.94. The van der Waals surface area contributed by atoms with Crippen molar-refractivity contribution in [3.63, 3.8) is 0 Å². The fourth-order valence-electron chi connectivity index (χ4n) is 4.47. The Morgan fingerprint density at radius 2 is 1.92 bits per heavy atom. The third kappa shape index (κ3) is 5.70. The van der Waals surface area contributed by atoms with Gasteiger partial charge in [0, 0.05) is 48.5 Å². The minimum atomic E-state index is -0.122. The van der Waals surface area contributed by atoms with Gasteiger partial charge < -0.3 is 20.3 Å². The number of fused-ring (bicyclic) bond motifs is 1. The summed E-state index contributed by atoms with van der Waals surface area (Å²) < 4.78 is 5.20. The van der Waals surface area contributed by atoms with E-state index in [4.69, 9.17) is 21.3 Å². The summed E-state index contributed by atoms with van der Waals surface area (Å²) in [5, 5.41) is 7.14. The number of ether oxygens (including phenoxy) is 1. The van der Waals surface area contributed by atoms with Crippen LogP contribution in [0.2, 0.25) is 5.02 Å². The van der Waals surface area contributed by atoms with Crippen LogP contribution < -0.4 is 20.3 Å². The van der Waals surface area contributed by atoms with Crippen molar-refractivity contribution < 1.29 is 9.53 Å². The summed E-state index contributed by atoms with van der Waals surface area (Å²) in [5.74, 6) is 1.53. The van der Waals surface area contributed by atoms with Gasteiger partial charge in [-0.3, -0.25) is 4.79 Å². The van der Waals surface area contributed by atoms with Crippen LogP contribution in [0.3, 0.4) is 0 Å². The van der Waals surface area contributed by atoms with Crippen molar-refractivity contribution in [2.45, 2.75) is 20.0 Å². The van der Waals surface area contributed by atoms with E-state index in [0.29, 0.717) is 12.1 Å². The third-order valence-electron chi connectivity index (χ3n) is 6.63. The number of pyridine rings is 1. The zero-order valence-electron chi connectivity index (χ0n) is 20.9. The minimum Gasteiger partial charge on any atom is -0.497 e. The number of carbonyl (C=O) groups excluding carboxylic acids is 1. The van der Waals surface area contributed by atoms with Gasteiger partial charge in [-0.25, -0.2) is 4.98 Å². The largest absolute Gasteiger partial charge is 0.497 e. The Bertz CT molecular complexity index is 1420. The van der Waals surface area contributed by atoms with Gasteiger partial charge >= 0.3 is 0 Å². The van der Waals surface area contributed by atoms with E-state index in [1.165, 1.54) is 11.1 Å². The van der Waals surface area contributed by atoms with Crippen molar-refractivity contribution >= 4 is 29.0 Å². The molecular formula is C30H29ClN4O2. The molecular weight excluding hydrogens is 484 g/mol. The fourth-order valence-corrected chi connectivity index (χ4v) is 4.66. The Balaban J connectivity index is 1.34. The topological polar surface area (TPSA) is 66.5 Å². The zero-order valence-corrected chi connectivity index (χ0v) is 21.7. The highest BCUT2D eigenvalue weighted by atomic mass is 35.5. The number of aromatic nitrogens is 1. The number of anilines is 2. The first-order chi connectivity index (χ1) is 18.0. The van der Waals surface area contributed by atoms with Gasteiger partial charge in [0.05, 0.1) is 12.8 Å². The van der Waals surface area contributed by atoms with Crippen LogP contribution in [0, 0.1) is 6.92 Å². The first kappa shape index (κ1) is 24.7. The smallest absolute Gasteiger partial charge is 0.251 e. The minimum absolute atomic E-state index is 0.122. The summed E-state index contributed by atoms with van der Waals surface area (Å²) in [6.45, 7) is 4.98. The van der Waals surface area contributed by atoms with Crippen molar-refractivity contribution in [1.82, 2.24) is 10.3 Å². The van der Waals surface area contributed by atoms with E-state index in [-0.39, 0.29) is 5.91 Å². The number of benzene rings is 3. The Labute approximate surface area is 222 Å². The summed E-state index contributed by atoms with van der Waals surface area (Å²) >= 11 is 6.27. The molecule has 4 aromatic rings. The first-order valence-electron chi connectivity index (χ1n) is 12.3. The number of nitrogens with zero attached hydrogens (tertiary/aromatic N) is 2. The summed E-state index contributed by atoms with van der Waals surface area (Å²) in [5.41, 5.74) is 6.96. The monoisotopic (exact) mass is 512 g/mol. The lowest BCUT2D eigenvalue weighted by atomic mass is 10.0. The number of carbonyl (C=O) groups is 1. The van der Waals surface area contributed by atoms with Crippen LogP contribution in [0.4, 0.5) is 11.5 Å². The van der Waals surface area contributed by atoms with Crippen LogP contribution in [-0.2, 0) is 13.1 Å². The SMILES string of the molecule is COc1ccc(CNC(=O)c2cccc(-c3cnc4c(c3)N(Cc3cc(Cl)ccc3C)CCN4)c2)cc1. The lowest BCUT2D eigenvalue weighted by Crippen LogP contribution is -2.34. The molecule has 0 saturated heterocycles. The van der Waals surface area contributed by atoms with Crippen LogP contribution in [0.15, 0.2) is 79.0 Å². The summed E-state index contributed by atoms with van der Waals surface area (Å²) in [6.07, 6.45) is 1.86. The molecule has 0 aliphatic carbocycles. The third-order valence-corrected chi connectivity index (χ3v) is 6.86. The van der Waals surface area contributed by atoms with Gasteiger partial charge in [0.15, 0.2) is 0 Å². The number of hydrogen-bond donors (Lipinski definition) is 2. The van der Waals surface area contributed by atoms with E-state index in [1.54, 1.807) is 7.11 Å². The molecule has 1 aliphatic heterocycles. The standard InChI is InChI=1S/C30H29ClN4O2/c1-20-6-9-26(31)15-25(20)19-35-13-12-32-29-28(35)16-24(18-33-29)22-4-3-5-23(14-22)30(36)34-17-21-7-10-27(37-2)11-8-21/h3-11,14-16,18H,12-13,17,19H2,1-2H3,(H,32,33)(H,34,36). The van der Waals surface area contributed by atoms with Gasteiger partial charge in [0.1, 0.15) is 11.6 Å². The summed E-state index contributed by atoms with van der Waals surface area (Å²) in [7, 11) is 1.64. The van der Waals surface area contributed by atoms with Crippen molar-refractivity contribution in [2.24, 2.45) is 0 Å². The summed E-state index contributed by atoms with van der Waals surface area (Å²) in [6, 6.07) is 23.5. The second kappa shape index (κ2) is 10.9. The molecule has 0 unspecified atom stereocenters. The van der Waals surface area contributed by atoms with Crippen molar-refractivity contribution in [3.05, 3.63) is 106 Å². The second-order valence-corrected chi connectivity index (χ2v) is 9.56. The predicted octanol–water partition coefficient (Wildman–Crippen LogP) is 6.08. The van der Waals surface area contributed by atoms with E-state index < -0.39 is 0 Å². The van der Waals surface area contributed by atoms with Crippen LogP contribution in [0.5, 0.6) is 5.75 Å². The zero-order chi connectivity index (χ0) is 25.8. The lowest BCUT2D eigenvalue weighted by Gasteiger charge is -2.32. The lowest BCUT2D eigenvalue weighted by molar-refractivity contribution is 0.0951. The molecule has 2 heterocycles. The number of halogens is 1. The summed E-state index contributed by atoms with van der Waals surface area (Å²) in [4.78, 5) is 19.9. The van der Waals surface area contributed by atoms with Gasteiger partial charge in [-0.15, -0.1) is 0 Å². The molecule has 0 spiro atoms. The van der Waals surface area contributed by atoms with Gasteiger partial charge in [-0.2, -0.15) is 0 Å². The fraction of sp³-hybridized carbons (Fsp3) is 0.200. The first-order valence-corrected chi connectivity index (χ1v) is 12.6. The van der Waals surface area contributed by atoms with Crippen LogP contribution >= 0.6 is 11.6 Å². The molecule has 37 heavy (non-hydrogen) atoms. The van der Waals surface area contributed by atoms with Crippen molar-refractivity contribution in [2.75, 3.05) is 30.4 Å². The Morgan fingerprint density at radius 3 is 2.73 bits per heavy atom. The molecule has 1 aromatic heterocycles. The molecule has 5 rings (SSSR count). The van der Waals surface area contributed by atoms with E-state index in [9.17, 15) is 4.79 Å². The molecule has 7 heteroatoms. The number of amides is 1. The highest BCUT2D eigenvalue weighted by Crippen LogP contribution is 2.33. The molecule has 188 valence electrons. The molecule has 1 amide bonds. The second-order valence-electron chi connectivity index (χ2n) is 9.12. The molecule has 3 aromatic carbocycles. The van der Waals surface area contributed by atoms with Gasteiger partial charge in [-0.05, 0) is 71.6 Å². The maximum atomic E-state index is 12.9. The number of aryl methyl sites for hydroxylation is 1. The maximum Gasteiger partial charge on any atom is 0.251 e. The number of rotatable bonds is 7.